The molecule has 1 aliphatic rings. The lowest BCUT2D eigenvalue weighted by atomic mass is 10.0. The first-order valence-electron chi connectivity index (χ1n) is 7.00. The molecule has 0 radical (unpaired) electrons. The van der Waals surface area contributed by atoms with Gasteiger partial charge in [0.1, 0.15) is 5.75 Å². The number of anilines is 2. The molecule has 0 fully saturated rings. The Morgan fingerprint density at radius 3 is 2.61 bits per heavy atom. The van der Waals surface area contributed by atoms with Gasteiger partial charge in [0, 0.05) is 5.56 Å². The second-order valence-electron chi connectivity index (χ2n) is 5.21. The van der Waals surface area contributed by atoms with Gasteiger partial charge in [-0.1, -0.05) is 23.7 Å². The Bertz CT molecular complexity index is 734. The summed E-state index contributed by atoms with van der Waals surface area (Å²) >= 11 is 6.22. The summed E-state index contributed by atoms with van der Waals surface area (Å²) in [6.45, 7) is 1.58. The number of benzene rings is 2. The van der Waals surface area contributed by atoms with Crippen LogP contribution in [0.1, 0.15) is 6.92 Å². The number of alkyl halides is 3. The maximum Gasteiger partial charge on any atom is 0.425 e. The van der Waals surface area contributed by atoms with Gasteiger partial charge in [0.25, 0.3) is 0 Å². The van der Waals surface area contributed by atoms with Crippen molar-refractivity contribution < 1.29 is 17.9 Å². The highest BCUT2D eigenvalue weighted by Crippen LogP contribution is 2.41. The topological polar surface area (TPSA) is 33.3 Å². The Morgan fingerprint density at radius 1 is 1.13 bits per heavy atom. The molecule has 3 rings (SSSR count). The van der Waals surface area contributed by atoms with E-state index >= 15 is 0 Å². The summed E-state index contributed by atoms with van der Waals surface area (Å²) in [6.07, 6.45) is -6.36. The Hall–Kier alpha value is -2.08. The smallest absolute Gasteiger partial charge is 0.425 e. The second kappa shape index (κ2) is 5.85. The summed E-state index contributed by atoms with van der Waals surface area (Å²) in [7, 11) is 0. The SMILES string of the molecule is CC(Oc1cccc(Cl)c1-c1ccc2c(c1)NCN2)C(F)(F)F. The first-order valence-corrected chi connectivity index (χ1v) is 7.38. The fourth-order valence-corrected chi connectivity index (χ4v) is 2.65. The third-order valence-electron chi connectivity index (χ3n) is 3.61. The first-order chi connectivity index (χ1) is 10.9. The molecule has 0 aromatic heterocycles. The predicted octanol–water partition coefficient (Wildman–Crippen LogP) is 5.13. The van der Waals surface area contributed by atoms with E-state index in [1.807, 2.05) is 12.1 Å². The van der Waals surface area contributed by atoms with Gasteiger partial charge in [-0.15, -0.1) is 0 Å². The van der Waals surface area contributed by atoms with E-state index in [1.165, 1.54) is 6.07 Å². The van der Waals surface area contributed by atoms with Crippen LogP contribution in [0, 0.1) is 0 Å². The van der Waals surface area contributed by atoms with Gasteiger partial charge in [-0.25, -0.2) is 0 Å². The fourth-order valence-electron chi connectivity index (χ4n) is 2.37. The van der Waals surface area contributed by atoms with Crippen molar-refractivity contribution >= 4 is 23.0 Å². The van der Waals surface area contributed by atoms with Crippen molar-refractivity contribution in [3.63, 3.8) is 0 Å². The van der Waals surface area contributed by atoms with Crippen molar-refractivity contribution in [2.24, 2.45) is 0 Å². The van der Waals surface area contributed by atoms with Crippen LogP contribution < -0.4 is 15.4 Å². The largest absolute Gasteiger partial charge is 0.481 e. The van der Waals surface area contributed by atoms with E-state index in [-0.39, 0.29) is 5.75 Å². The van der Waals surface area contributed by atoms with Gasteiger partial charge in [-0.05, 0) is 36.8 Å². The lowest BCUT2D eigenvalue weighted by molar-refractivity contribution is -0.189. The molecule has 0 saturated carbocycles. The molecule has 0 aliphatic carbocycles. The normalized spacial score (nSPS) is 14.7. The van der Waals surface area contributed by atoms with Crippen LogP contribution in [0.5, 0.6) is 5.75 Å². The monoisotopic (exact) mass is 342 g/mol. The maximum absolute atomic E-state index is 12.8. The average Bonchev–Trinajstić information content (AvgIpc) is 2.93. The number of nitrogens with one attached hydrogen (secondary N) is 2. The van der Waals surface area contributed by atoms with E-state index < -0.39 is 12.3 Å². The lowest BCUT2D eigenvalue weighted by Gasteiger charge is -2.20. The summed E-state index contributed by atoms with van der Waals surface area (Å²) in [5.74, 6) is 0.105. The Balaban J connectivity index is 2.02. The molecule has 7 heteroatoms. The van der Waals surface area contributed by atoms with Crippen molar-refractivity contribution in [2.45, 2.75) is 19.2 Å². The van der Waals surface area contributed by atoms with Gasteiger partial charge < -0.3 is 15.4 Å². The predicted molar refractivity (Wildman–Crippen MR) is 85.1 cm³/mol. The van der Waals surface area contributed by atoms with Crippen LogP contribution in [0.3, 0.4) is 0 Å². The molecule has 23 heavy (non-hydrogen) atoms. The number of fused-ring (bicyclic) bond motifs is 1. The molecule has 0 saturated heterocycles. The zero-order valence-electron chi connectivity index (χ0n) is 12.2. The van der Waals surface area contributed by atoms with Crippen molar-refractivity contribution in [1.29, 1.82) is 0 Å². The molecular weight excluding hydrogens is 329 g/mol. The van der Waals surface area contributed by atoms with Crippen molar-refractivity contribution in [1.82, 2.24) is 0 Å². The molecule has 0 bridgehead atoms. The minimum Gasteiger partial charge on any atom is -0.481 e. The minimum absolute atomic E-state index is 0.105. The summed E-state index contributed by atoms with van der Waals surface area (Å²) in [4.78, 5) is 0. The molecule has 1 atom stereocenters. The Morgan fingerprint density at radius 2 is 1.87 bits per heavy atom. The molecule has 0 spiro atoms. The summed E-state index contributed by atoms with van der Waals surface area (Å²) < 4.78 is 43.4. The second-order valence-corrected chi connectivity index (χ2v) is 5.61. The van der Waals surface area contributed by atoms with Crippen LogP contribution in [0.15, 0.2) is 36.4 Å². The van der Waals surface area contributed by atoms with E-state index in [4.69, 9.17) is 16.3 Å². The van der Waals surface area contributed by atoms with Crippen LogP contribution >= 0.6 is 11.6 Å². The summed E-state index contributed by atoms with van der Waals surface area (Å²) in [5.41, 5.74) is 2.95. The van der Waals surface area contributed by atoms with Gasteiger partial charge in [0.2, 0.25) is 0 Å². The van der Waals surface area contributed by atoms with E-state index in [0.29, 0.717) is 22.8 Å². The van der Waals surface area contributed by atoms with E-state index in [0.717, 1.165) is 18.3 Å². The zero-order valence-corrected chi connectivity index (χ0v) is 12.9. The minimum atomic E-state index is -4.44. The molecule has 3 nitrogen and oxygen atoms in total. The van der Waals surface area contributed by atoms with Crippen molar-refractivity contribution in [3.8, 4) is 16.9 Å². The molecule has 0 amide bonds. The van der Waals surface area contributed by atoms with Crippen LogP contribution in [0.25, 0.3) is 11.1 Å². The van der Waals surface area contributed by atoms with Crippen molar-refractivity contribution in [2.75, 3.05) is 17.3 Å². The third-order valence-corrected chi connectivity index (χ3v) is 3.92. The maximum atomic E-state index is 12.8. The molecule has 1 heterocycles. The molecule has 122 valence electrons. The highest BCUT2D eigenvalue weighted by Gasteiger charge is 2.38. The Kier molecular flexibility index (Phi) is 4.02. The summed E-state index contributed by atoms with van der Waals surface area (Å²) in [6, 6.07) is 10.2. The van der Waals surface area contributed by atoms with Crippen LogP contribution in [0.2, 0.25) is 5.02 Å². The highest BCUT2D eigenvalue weighted by molar-refractivity contribution is 6.33. The third kappa shape index (κ3) is 3.17. The van der Waals surface area contributed by atoms with Crippen LogP contribution in [0.4, 0.5) is 24.5 Å². The van der Waals surface area contributed by atoms with Gasteiger partial charge in [-0.3, -0.25) is 0 Å². The fraction of sp³-hybridized carbons (Fsp3) is 0.250. The average molecular weight is 343 g/mol. The number of hydrogen-bond donors (Lipinski definition) is 2. The number of hydrogen-bond acceptors (Lipinski definition) is 3. The molecule has 1 aliphatic heterocycles. The van der Waals surface area contributed by atoms with Gasteiger partial charge >= 0.3 is 6.18 Å². The van der Waals surface area contributed by atoms with Gasteiger partial charge in [0.05, 0.1) is 23.1 Å². The zero-order chi connectivity index (χ0) is 16.6. The molecule has 2 N–H and O–H groups in total. The highest BCUT2D eigenvalue weighted by atomic mass is 35.5. The van der Waals surface area contributed by atoms with Crippen LogP contribution in [-0.2, 0) is 0 Å². The molecule has 2 aromatic rings. The number of ether oxygens (including phenoxy) is 1. The molecule has 2 aromatic carbocycles. The number of halogens is 4. The number of rotatable bonds is 3. The van der Waals surface area contributed by atoms with Crippen LogP contribution in [-0.4, -0.2) is 18.9 Å². The molecular formula is C16H14ClF3N2O. The van der Waals surface area contributed by atoms with Gasteiger partial charge in [0.15, 0.2) is 6.10 Å². The standard InChI is InChI=1S/C16H14ClF3N2O/c1-9(16(18,19)20)23-14-4-2-3-11(17)15(14)10-5-6-12-13(7-10)22-8-21-12/h2-7,9,21-22H,8H2,1H3. The first kappa shape index (κ1) is 15.8. The quantitative estimate of drug-likeness (QED) is 0.811. The van der Waals surface area contributed by atoms with E-state index in [1.54, 1.807) is 18.2 Å². The van der Waals surface area contributed by atoms with E-state index in [9.17, 15) is 13.2 Å². The summed E-state index contributed by atoms with van der Waals surface area (Å²) in [5, 5.41) is 6.61. The lowest BCUT2D eigenvalue weighted by Crippen LogP contribution is -2.31. The van der Waals surface area contributed by atoms with E-state index in [2.05, 4.69) is 10.6 Å². The van der Waals surface area contributed by atoms with Crippen molar-refractivity contribution in [3.05, 3.63) is 41.4 Å². The molecule has 1 unspecified atom stereocenters. The Labute approximate surface area is 136 Å². The van der Waals surface area contributed by atoms with Gasteiger partial charge in [-0.2, -0.15) is 13.2 Å².